The standard InChI is InChI=1S/C16H35N3/c1-6-17-15(2)10-7-8-13-19(5)14-16(18(3)4)11-9-12-16/h15,17H,6-14H2,1-5H3. The SMILES string of the molecule is CCNC(C)CCCCN(C)CC1(N(C)C)CCC1. The second kappa shape index (κ2) is 8.23. The van der Waals surface area contributed by atoms with Crippen molar-refractivity contribution in [1.82, 2.24) is 15.1 Å². The zero-order valence-corrected chi connectivity index (χ0v) is 13.8. The van der Waals surface area contributed by atoms with Gasteiger partial charge in [-0.1, -0.05) is 13.3 Å². The Morgan fingerprint density at radius 2 is 1.84 bits per heavy atom. The Morgan fingerprint density at radius 3 is 2.32 bits per heavy atom. The van der Waals surface area contributed by atoms with E-state index in [1.54, 1.807) is 0 Å². The number of nitrogens with one attached hydrogen (secondary N) is 1. The Morgan fingerprint density at radius 1 is 1.16 bits per heavy atom. The van der Waals surface area contributed by atoms with Crippen molar-refractivity contribution >= 4 is 0 Å². The fraction of sp³-hybridized carbons (Fsp3) is 1.00. The van der Waals surface area contributed by atoms with E-state index in [9.17, 15) is 0 Å². The summed E-state index contributed by atoms with van der Waals surface area (Å²) in [6.07, 6.45) is 8.14. The number of nitrogens with zero attached hydrogens (tertiary/aromatic N) is 2. The highest BCUT2D eigenvalue weighted by Gasteiger charge is 2.39. The molecule has 0 radical (unpaired) electrons. The summed E-state index contributed by atoms with van der Waals surface area (Å²) in [6.45, 7) is 8.05. The lowest BCUT2D eigenvalue weighted by molar-refractivity contribution is 0.0275. The molecule has 1 rings (SSSR count). The predicted octanol–water partition coefficient (Wildman–Crippen LogP) is 2.57. The summed E-state index contributed by atoms with van der Waals surface area (Å²) in [5.41, 5.74) is 0.478. The number of likely N-dealkylation sites (N-methyl/N-ethyl adjacent to an activating group) is 2. The minimum Gasteiger partial charge on any atom is -0.315 e. The molecule has 1 aliphatic rings. The first-order valence-electron chi connectivity index (χ1n) is 8.09. The van der Waals surface area contributed by atoms with Gasteiger partial charge in [0.25, 0.3) is 0 Å². The second-order valence-electron chi connectivity index (χ2n) is 6.66. The molecule has 1 saturated carbocycles. The third-order valence-electron chi connectivity index (χ3n) is 4.78. The number of hydrogen-bond donors (Lipinski definition) is 1. The van der Waals surface area contributed by atoms with Gasteiger partial charge < -0.3 is 15.1 Å². The maximum atomic E-state index is 3.48. The number of hydrogen-bond acceptors (Lipinski definition) is 3. The van der Waals surface area contributed by atoms with Crippen LogP contribution in [-0.2, 0) is 0 Å². The molecule has 1 aliphatic carbocycles. The largest absolute Gasteiger partial charge is 0.315 e. The van der Waals surface area contributed by atoms with E-state index >= 15 is 0 Å². The average Bonchev–Trinajstić information content (AvgIpc) is 2.29. The van der Waals surface area contributed by atoms with Gasteiger partial charge in [-0.05, 0) is 73.3 Å². The lowest BCUT2D eigenvalue weighted by Crippen LogP contribution is -2.56. The van der Waals surface area contributed by atoms with Crippen LogP contribution in [0, 0.1) is 0 Å². The van der Waals surface area contributed by atoms with Crippen LogP contribution < -0.4 is 5.32 Å². The molecule has 0 heterocycles. The van der Waals surface area contributed by atoms with Crippen molar-refractivity contribution < 1.29 is 0 Å². The summed E-state index contributed by atoms with van der Waals surface area (Å²) >= 11 is 0. The monoisotopic (exact) mass is 269 g/mol. The lowest BCUT2D eigenvalue weighted by Gasteiger charge is -2.49. The molecule has 3 nitrogen and oxygen atoms in total. The molecule has 1 fully saturated rings. The van der Waals surface area contributed by atoms with Gasteiger partial charge in [0.05, 0.1) is 0 Å². The summed E-state index contributed by atoms with van der Waals surface area (Å²) in [6, 6.07) is 0.676. The molecule has 0 spiro atoms. The highest BCUT2D eigenvalue weighted by atomic mass is 15.2. The molecule has 1 N–H and O–H groups in total. The molecule has 0 aromatic rings. The van der Waals surface area contributed by atoms with Crippen molar-refractivity contribution in [2.24, 2.45) is 0 Å². The van der Waals surface area contributed by atoms with E-state index in [1.165, 1.54) is 51.6 Å². The Balaban J connectivity index is 2.12. The molecule has 114 valence electrons. The van der Waals surface area contributed by atoms with Crippen LogP contribution in [0.2, 0.25) is 0 Å². The highest BCUT2D eigenvalue weighted by Crippen LogP contribution is 2.36. The summed E-state index contributed by atoms with van der Waals surface area (Å²) < 4.78 is 0. The summed E-state index contributed by atoms with van der Waals surface area (Å²) in [5.74, 6) is 0. The van der Waals surface area contributed by atoms with Gasteiger partial charge in [-0.15, -0.1) is 0 Å². The third-order valence-corrected chi connectivity index (χ3v) is 4.78. The Labute approximate surface area is 120 Å². The van der Waals surface area contributed by atoms with Crippen LogP contribution in [0.5, 0.6) is 0 Å². The van der Waals surface area contributed by atoms with E-state index in [0.29, 0.717) is 11.6 Å². The molecule has 0 bridgehead atoms. The molecular formula is C16H35N3. The van der Waals surface area contributed by atoms with Crippen LogP contribution in [0.1, 0.15) is 52.4 Å². The fourth-order valence-electron chi connectivity index (χ4n) is 3.20. The first kappa shape index (κ1) is 16.9. The molecule has 0 aromatic heterocycles. The fourth-order valence-corrected chi connectivity index (χ4v) is 3.20. The molecule has 0 amide bonds. The second-order valence-corrected chi connectivity index (χ2v) is 6.66. The maximum Gasteiger partial charge on any atom is 0.0330 e. The summed E-state index contributed by atoms with van der Waals surface area (Å²) in [4.78, 5) is 4.98. The minimum absolute atomic E-state index is 0.478. The smallest absolute Gasteiger partial charge is 0.0330 e. The van der Waals surface area contributed by atoms with Crippen molar-refractivity contribution in [3.05, 3.63) is 0 Å². The van der Waals surface area contributed by atoms with Gasteiger partial charge in [0.2, 0.25) is 0 Å². The van der Waals surface area contributed by atoms with Crippen molar-refractivity contribution in [1.29, 1.82) is 0 Å². The normalized spacial score (nSPS) is 19.7. The van der Waals surface area contributed by atoms with E-state index in [4.69, 9.17) is 0 Å². The zero-order chi connectivity index (χ0) is 14.3. The average molecular weight is 269 g/mol. The van der Waals surface area contributed by atoms with Crippen molar-refractivity contribution in [3.63, 3.8) is 0 Å². The molecule has 1 unspecified atom stereocenters. The van der Waals surface area contributed by atoms with Crippen LogP contribution >= 0.6 is 0 Å². The third kappa shape index (κ3) is 5.41. The molecule has 1 atom stereocenters. The van der Waals surface area contributed by atoms with Crippen LogP contribution in [0.3, 0.4) is 0 Å². The van der Waals surface area contributed by atoms with Crippen molar-refractivity contribution in [2.75, 3.05) is 40.8 Å². The molecule has 3 heteroatoms. The molecule has 0 aliphatic heterocycles. The van der Waals surface area contributed by atoms with E-state index in [1.807, 2.05) is 0 Å². The number of rotatable bonds is 10. The van der Waals surface area contributed by atoms with Crippen LogP contribution in [-0.4, -0.2) is 62.2 Å². The quantitative estimate of drug-likeness (QED) is 0.615. The molecule has 0 saturated heterocycles. The number of unbranched alkanes of at least 4 members (excludes halogenated alkanes) is 1. The topological polar surface area (TPSA) is 18.5 Å². The molecule has 19 heavy (non-hydrogen) atoms. The zero-order valence-electron chi connectivity index (χ0n) is 13.8. The first-order chi connectivity index (χ1) is 9.00. The van der Waals surface area contributed by atoms with Gasteiger partial charge in [-0.25, -0.2) is 0 Å². The maximum absolute atomic E-state index is 3.48. The lowest BCUT2D eigenvalue weighted by atomic mass is 9.75. The first-order valence-corrected chi connectivity index (χ1v) is 8.09. The Kier molecular flexibility index (Phi) is 7.33. The summed E-state index contributed by atoms with van der Waals surface area (Å²) in [5, 5.41) is 3.48. The van der Waals surface area contributed by atoms with Gasteiger partial charge in [0, 0.05) is 18.1 Å². The van der Waals surface area contributed by atoms with E-state index in [0.717, 1.165) is 6.54 Å². The van der Waals surface area contributed by atoms with Gasteiger partial charge in [0.15, 0.2) is 0 Å². The van der Waals surface area contributed by atoms with E-state index in [2.05, 4.69) is 50.1 Å². The van der Waals surface area contributed by atoms with Crippen molar-refractivity contribution in [2.45, 2.75) is 64.0 Å². The minimum atomic E-state index is 0.478. The van der Waals surface area contributed by atoms with Gasteiger partial charge in [-0.3, -0.25) is 0 Å². The van der Waals surface area contributed by atoms with Crippen molar-refractivity contribution in [3.8, 4) is 0 Å². The Bertz CT molecular complexity index is 236. The summed E-state index contributed by atoms with van der Waals surface area (Å²) in [7, 11) is 6.77. The van der Waals surface area contributed by atoms with Gasteiger partial charge in [0.1, 0.15) is 0 Å². The molecule has 0 aromatic carbocycles. The van der Waals surface area contributed by atoms with E-state index in [-0.39, 0.29) is 0 Å². The molecular weight excluding hydrogens is 234 g/mol. The van der Waals surface area contributed by atoms with Crippen LogP contribution in [0.25, 0.3) is 0 Å². The van der Waals surface area contributed by atoms with Crippen LogP contribution in [0.15, 0.2) is 0 Å². The predicted molar refractivity (Wildman–Crippen MR) is 84.8 cm³/mol. The Hall–Kier alpha value is -0.120. The van der Waals surface area contributed by atoms with Gasteiger partial charge in [-0.2, -0.15) is 0 Å². The van der Waals surface area contributed by atoms with Crippen LogP contribution in [0.4, 0.5) is 0 Å². The highest BCUT2D eigenvalue weighted by molar-refractivity contribution is 4.97. The van der Waals surface area contributed by atoms with E-state index < -0.39 is 0 Å². The van der Waals surface area contributed by atoms with Gasteiger partial charge >= 0.3 is 0 Å².